The topological polar surface area (TPSA) is 38.8 Å². The Kier molecular flexibility index (Phi) is 6.02. The molecule has 0 N–H and O–H groups in total. The second kappa shape index (κ2) is 8.26. The molecular weight excluding hydrogens is 438 g/mol. The van der Waals surface area contributed by atoms with Crippen molar-refractivity contribution < 1.29 is 14.3 Å². The van der Waals surface area contributed by atoms with Gasteiger partial charge >= 0.3 is 0 Å². The third-order valence-corrected chi connectivity index (χ3v) is 5.86. The molecule has 0 aromatic heterocycles. The molecule has 1 saturated heterocycles. The molecule has 1 atom stereocenters. The van der Waals surface area contributed by atoms with Gasteiger partial charge in [0.2, 0.25) is 5.91 Å². The molecule has 1 aliphatic heterocycles. The number of hydrogen-bond donors (Lipinski definition) is 0. The van der Waals surface area contributed by atoms with Crippen LogP contribution in [-0.4, -0.2) is 25.4 Å². The zero-order valence-electron chi connectivity index (χ0n) is 13.9. The number of terminal acetylenes is 1. The van der Waals surface area contributed by atoms with Crippen LogP contribution in [0.15, 0.2) is 40.9 Å². The van der Waals surface area contributed by atoms with E-state index >= 15 is 0 Å². The number of methoxy groups -OCH3 is 1. The number of ether oxygens (including phenoxy) is 2. The Morgan fingerprint density at radius 3 is 2.77 bits per heavy atom. The van der Waals surface area contributed by atoms with Crippen LogP contribution in [0.2, 0.25) is 5.02 Å². The molecule has 1 aliphatic rings. The molecule has 26 heavy (non-hydrogen) atoms. The van der Waals surface area contributed by atoms with E-state index in [-0.39, 0.29) is 17.9 Å². The summed E-state index contributed by atoms with van der Waals surface area (Å²) in [6.45, 7) is 0.141. The summed E-state index contributed by atoms with van der Waals surface area (Å²) >= 11 is 11.0. The molecule has 0 aliphatic carbocycles. The highest BCUT2D eigenvalue weighted by molar-refractivity contribution is 9.10. The predicted molar refractivity (Wildman–Crippen MR) is 109 cm³/mol. The Hall–Kier alpha value is -1.81. The van der Waals surface area contributed by atoms with E-state index in [9.17, 15) is 4.79 Å². The number of carbonyl (C=O) groups is 1. The smallest absolute Gasteiger partial charge is 0.238 e. The Morgan fingerprint density at radius 1 is 1.38 bits per heavy atom. The second-order valence-corrected chi connectivity index (χ2v) is 7.79. The van der Waals surface area contributed by atoms with Crippen LogP contribution in [0.1, 0.15) is 10.9 Å². The van der Waals surface area contributed by atoms with Gasteiger partial charge in [-0.15, -0.1) is 18.2 Å². The average molecular weight is 453 g/mol. The van der Waals surface area contributed by atoms with E-state index in [1.165, 1.54) is 0 Å². The minimum atomic E-state index is -0.171. The Labute approximate surface area is 169 Å². The number of rotatable bonds is 5. The van der Waals surface area contributed by atoms with E-state index in [1.807, 2.05) is 24.3 Å². The highest BCUT2D eigenvalue weighted by atomic mass is 79.9. The molecule has 134 valence electrons. The van der Waals surface area contributed by atoms with Crippen LogP contribution in [0.25, 0.3) is 0 Å². The fourth-order valence-corrected chi connectivity index (χ4v) is 4.54. The third-order valence-electron chi connectivity index (χ3n) is 3.81. The molecule has 3 rings (SSSR count). The summed E-state index contributed by atoms with van der Waals surface area (Å²) in [6, 6.07) is 11.0. The molecular formula is C19H15BrClNO3S. The molecule has 1 heterocycles. The van der Waals surface area contributed by atoms with Gasteiger partial charge in [0.15, 0.2) is 11.5 Å². The number of amides is 1. The lowest BCUT2D eigenvalue weighted by Crippen LogP contribution is -2.27. The normalized spacial score (nSPS) is 16.5. The SMILES string of the molecule is C#CCOc1c(Br)cc([C@@H]2SCC(=O)N2c2ccc(Cl)cc2)cc1OC. The molecule has 0 radical (unpaired) electrons. The van der Waals surface area contributed by atoms with Crippen LogP contribution in [-0.2, 0) is 4.79 Å². The van der Waals surface area contributed by atoms with Gasteiger partial charge in [-0.25, -0.2) is 0 Å². The summed E-state index contributed by atoms with van der Waals surface area (Å²) in [5, 5.41) is 0.458. The Balaban J connectivity index is 1.99. The molecule has 0 saturated carbocycles. The highest BCUT2D eigenvalue weighted by Crippen LogP contribution is 2.46. The maximum atomic E-state index is 12.5. The first kappa shape index (κ1) is 19.0. The minimum absolute atomic E-state index is 0.0464. The predicted octanol–water partition coefficient (Wildman–Crippen LogP) is 4.90. The molecule has 7 heteroatoms. The Morgan fingerprint density at radius 2 is 2.12 bits per heavy atom. The van der Waals surface area contributed by atoms with E-state index in [4.69, 9.17) is 27.5 Å². The number of hydrogen-bond acceptors (Lipinski definition) is 4. The zero-order valence-corrected chi connectivity index (χ0v) is 17.0. The fraction of sp³-hybridized carbons (Fsp3) is 0.211. The summed E-state index contributed by atoms with van der Waals surface area (Å²) in [7, 11) is 1.57. The number of benzene rings is 2. The molecule has 1 fully saturated rings. The summed E-state index contributed by atoms with van der Waals surface area (Å²) in [4.78, 5) is 14.2. The molecule has 0 unspecified atom stereocenters. The number of nitrogens with zero attached hydrogens (tertiary/aromatic N) is 1. The molecule has 2 aromatic carbocycles. The van der Waals surface area contributed by atoms with Crippen LogP contribution >= 0.6 is 39.3 Å². The summed E-state index contributed by atoms with van der Waals surface area (Å²) in [5.74, 6) is 3.99. The average Bonchev–Trinajstić information content (AvgIpc) is 3.02. The van der Waals surface area contributed by atoms with Crippen molar-refractivity contribution in [2.24, 2.45) is 0 Å². The number of thioether (sulfide) groups is 1. The second-order valence-electron chi connectivity index (χ2n) is 5.43. The summed E-state index contributed by atoms with van der Waals surface area (Å²) in [5.41, 5.74) is 1.73. The molecule has 1 amide bonds. The van der Waals surface area contributed by atoms with Crippen molar-refractivity contribution >= 4 is 50.9 Å². The largest absolute Gasteiger partial charge is 0.493 e. The van der Waals surface area contributed by atoms with Crippen molar-refractivity contribution in [3.8, 4) is 23.8 Å². The molecule has 0 spiro atoms. The Bertz CT molecular complexity index is 866. The summed E-state index contributed by atoms with van der Waals surface area (Å²) < 4.78 is 11.7. The van der Waals surface area contributed by atoms with Gasteiger partial charge < -0.3 is 9.47 Å². The van der Waals surface area contributed by atoms with E-state index in [0.717, 1.165) is 15.7 Å². The number of anilines is 1. The van der Waals surface area contributed by atoms with Gasteiger partial charge in [-0.2, -0.15) is 0 Å². The van der Waals surface area contributed by atoms with Gasteiger partial charge in [-0.05, 0) is 57.9 Å². The van der Waals surface area contributed by atoms with Gasteiger partial charge in [-0.3, -0.25) is 9.69 Å². The number of carbonyl (C=O) groups excluding carboxylic acids is 1. The van der Waals surface area contributed by atoms with Crippen LogP contribution < -0.4 is 14.4 Å². The monoisotopic (exact) mass is 451 g/mol. The van der Waals surface area contributed by atoms with Gasteiger partial charge in [-0.1, -0.05) is 17.5 Å². The van der Waals surface area contributed by atoms with E-state index < -0.39 is 0 Å². The van der Waals surface area contributed by atoms with Crippen LogP contribution in [0, 0.1) is 12.3 Å². The molecule has 4 nitrogen and oxygen atoms in total. The van der Waals surface area contributed by atoms with Crippen molar-refractivity contribution in [3.63, 3.8) is 0 Å². The van der Waals surface area contributed by atoms with Gasteiger partial charge in [0, 0.05) is 10.7 Å². The van der Waals surface area contributed by atoms with Gasteiger partial charge in [0.25, 0.3) is 0 Å². The minimum Gasteiger partial charge on any atom is -0.493 e. The van der Waals surface area contributed by atoms with Crippen LogP contribution in [0.5, 0.6) is 11.5 Å². The van der Waals surface area contributed by atoms with E-state index in [0.29, 0.717) is 22.3 Å². The van der Waals surface area contributed by atoms with Crippen molar-refractivity contribution in [2.45, 2.75) is 5.37 Å². The maximum Gasteiger partial charge on any atom is 0.238 e. The standard InChI is InChI=1S/C19H15BrClNO3S/c1-3-8-25-18-15(20)9-12(10-16(18)24-2)19-22(17(23)11-26-19)14-6-4-13(21)5-7-14/h1,4-7,9-10,19H,8,11H2,2H3/t19-/m0/s1. The number of halogens is 2. The third kappa shape index (κ3) is 3.80. The molecule has 0 bridgehead atoms. The van der Waals surface area contributed by atoms with Crippen molar-refractivity contribution in [3.05, 3.63) is 51.5 Å². The lowest BCUT2D eigenvalue weighted by atomic mass is 10.1. The highest BCUT2D eigenvalue weighted by Gasteiger charge is 2.35. The lowest BCUT2D eigenvalue weighted by Gasteiger charge is -2.25. The van der Waals surface area contributed by atoms with Crippen LogP contribution in [0.3, 0.4) is 0 Å². The zero-order chi connectivity index (χ0) is 18.7. The molecule has 2 aromatic rings. The summed E-state index contributed by atoms with van der Waals surface area (Å²) in [6.07, 6.45) is 5.27. The maximum absolute atomic E-state index is 12.5. The van der Waals surface area contributed by atoms with E-state index in [2.05, 4.69) is 21.9 Å². The lowest BCUT2D eigenvalue weighted by molar-refractivity contribution is -0.115. The van der Waals surface area contributed by atoms with Gasteiger partial charge in [0.05, 0.1) is 17.3 Å². The van der Waals surface area contributed by atoms with Gasteiger partial charge in [0.1, 0.15) is 12.0 Å². The first-order chi connectivity index (χ1) is 12.5. The van der Waals surface area contributed by atoms with Crippen LogP contribution in [0.4, 0.5) is 5.69 Å². The van der Waals surface area contributed by atoms with E-state index in [1.54, 1.807) is 35.9 Å². The first-order valence-corrected chi connectivity index (χ1v) is 9.90. The quantitative estimate of drug-likeness (QED) is 0.605. The van der Waals surface area contributed by atoms with Crippen molar-refractivity contribution in [2.75, 3.05) is 24.4 Å². The van der Waals surface area contributed by atoms with Crippen molar-refractivity contribution in [1.29, 1.82) is 0 Å². The first-order valence-electron chi connectivity index (χ1n) is 7.68. The van der Waals surface area contributed by atoms with Crippen molar-refractivity contribution in [1.82, 2.24) is 0 Å². The fourth-order valence-electron chi connectivity index (χ4n) is 2.69.